The molecule has 20 heavy (non-hydrogen) atoms. The second-order valence-electron chi connectivity index (χ2n) is 4.20. The molecule has 0 aliphatic heterocycles. The molecule has 0 saturated carbocycles. The number of hydrogen-bond acceptors (Lipinski definition) is 3. The zero-order valence-electron chi connectivity index (χ0n) is 10.7. The van der Waals surface area contributed by atoms with Gasteiger partial charge in [-0.15, -0.1) is 0 Å². The van der Waals surface area contributed by atoms with Crippen LogP contribution in [0.1, 0.15) is 11.1 Å². The molecule has 0 aromatic heterocycles. The molecule has 2 aromatic rings. The predicted molar refractivity (Wildman–Crippen MR) is 80.1 cm³/mol. The SMILES string of the molecule is N=C(N)c1cccc(S(=O)(=O)C=Cc2ccccc2)c1. The Labute approximate surface area is 118 Å². The van der Waals surface area contributed by atoms with Gasteiger partial charge in [-0.3, -0.25) is 5.41 Å². The second-order valence-corrected chi connectivity index (χ2v) is 6.03. The summed E-state index contributed by atoms with van der Waals surface area (Å²) in [6, 6.07) is 15.2. The Morgan fingerprint density at radius 1 is 1.05 bits per heavy atom. The average Bonchev–Trinajstić information content (AvgIpc) is 2.46. The van der Waals surface area contributed by atoms with Crippen molar-refractivity contribution in [2.75, 3.05) is 0 Å². The molecule has 0 spiro atoms. The molecule has 0 atom stereocenters. The number of hydrogen-bond donors (Lipinski definition) is 2. The van der Waals surface area contributed by atoms with Crippen molar-refractivity contribution >= 4 is 21.7 Å². The maximum Gasteiger partial charge on any atom is 0.199 e. The summed E-state index contributed by atoms with van der Waals surface area (Å²) in [6.45, 7) is 0. The fourth-order valence-corrected chi connectivity index (χ4v) is 2.70. The Morgan fingerprint density at radius 3 is 2.40 bits per heavy atom. The molecule has 0 radical (unpaired) electrons. The van der Waals surface area contributed by atoms with Crippen LogP contribution in [0.4, 0.5) is 0 Å². The lowest BCUT2D eigenvalue weighted by atomic mass is 10.2. The Hall–Kier alpha value is -2.40. The van der Waals surface area contributed by atoms with Crippen molar-refractivity contribution in [3.05, 3.63) is 71.1 Å². The van der Waals surface area contributed by atoms with E-state index in [1.807, 2.05) is 30.3 Å². The second kappa shape index (κ2) is 5.71. The number of nitrogens with one attached hydrogen (secondary N) is 1. The van der Waals surface area contributed by atoms with E-state index in [9.17, 15) is 8.42 Å². The van der Waals surface area contributed by atoms with Crippen LogP contribution in [0.5, 0.6) is 0 Å². The molecule has 4 nitrogen and oxygen atoms in total. The van der Waals surface area contributed by atoms with Crippen LogP contribution in [0, 0.1) is 5.41 Å². The van der Waals surface area contributed by atoms with E-state index in [-0.39, 0.29) is 10.7 Å². The molecule has 0 fully saturated rings. The van der Waals surface area contributed by atoms with Gasteiger partial charge in [0.2, 0.25) is 0 Å². The van der Waals surface area contributed by atoms with Gasteiger partial charge in [0.15, 0.2) is 9.84 Å². The minimum absolute atomic E-state index is 0.123. The summed E-state index contributed by atoms with van der Waals surface area (Å²) in [4.78, 5) is 0.123. The number of nitrogens with two attached hydrogens (primary N) is 1. The third-order valence-corrected chi connectivity index (χ3v) is 4.12. The zero-order chi connectivity index (χ0) is 14.6. The first-order chi connectivity index (χ1) is 9.49. The molecule has 2 rings (SSSR count). The molecule has 3 N–H and O–H groups in total. The molecule has 0 bridgehead atoms. The standard InChI is InChI=1S/C15H14N2O2S/c16-15(17)13-7-4-8-14(11-13)20(18,19)10-9-12-5-2-1-3-6-12/h1-11H,(H3,16,17). The molecule has 0 heterocycles. The van der Waals surface area contributed by atoms with Gasteiger partial charge < -0.3 is 5.73 Å². The summed E-state index contributed by atoms with van der Waals surface area (Å²) >= 11 is 0. The molecule has 102 valence electrons. The van der Waals surface area contributed by atoms with Crippen LogP contribution in [-0.2, 0) is 9.84 Å². The Bertz CT molecular complexity index is 750. The van der Waals surface area contributed by atoms with Gasteiger partial charge in [-0.25, -0.2) is 8.42 Å². The fourth-order valence-electron chi connectivity index (χ4n) is 1.65. The van der Waals surface area contributed by atoms with Crippen molar-refractivity contribution in [1.29, 1.82) is 5.41 Å². The lowest BCUT2D eigenvalue weighted by molar-refractivity contribution is 0.605. The Kier molecular flexibility index (Phi) is 4.00. The Balaban J connectivity index is 2.34. The molecule has 0 aliphatic rings. The summed E-state index contributed by atoms with van der Waals surface area (Å²) in [5.74, 6) is -0.158. The summed E-state index contributed by atoms with van der Waals surface area (Å²) < 4.78 is 24.4. The van der Waals surface area contributed by atoms with E-state index in [4.69, 9.17) is 11.1 Å². The van der Waals surface area contributed by atoms with E-state index >= 15 is 0 Å². The van der Waals surface area contributed by atoms with Crippen molar-refractivity contribution in [2.24, 2.45) is 5.73 Å². The summed E-state index contributed by atoms with van der Waals surface area (Å²) in [6.07, 6.45) is 1.54. The summed E-state index contributed by atoms with van der Waals surface area (Å²) in [5.41, 5.74) is 6.55. The van der Waals surface area contributed by atoms with Gasteiger partial charge in [0.05, 0.1) is 4.90 Å². The largest absolute Gasteiger partial charge is 0.384 e. The van der Waals surface area contributed by atoms with Crippen LogP contribution in [-0.4, -0.2) is 14.3 Å². The monoisotopic (exact) mass is 286 g/mol. The van der Waals surface area contributed by atoms with E-state index < -0.39 is 9.84 Å². The molecular formula is C15H14N2O2S. The number of benzene rings is 2. The first-order valence-corrected chi connectivity index (χ1v) is 7.46. The first kappa shape index (κ1) is 14.0. The lowest BCUT2D eigenvalue weighted by Gasteiger charge is -2.02. The van der Waals surface area contributed by atoms with Crippen molar-refractivity contribution in [2.45, 2.75) is 4.90 Å². The number of nitrogen functional groups attached to an aromatic ring is 1. The molecule has 0 aliphatic carbocycles. The van der Waals surface area contributed by atoms with Gasteiger partial charge in [-0.2, -0.15) is 0 Å². The van der Waals surface area contributed by atoms with Crippen LogP contribution < -0.4 is 5.73 Å². The number of rotatable bonds is 4. The zero-order valence-corrected chi connectivity index (χ0v) is 11.5. The summed E-state index contributed by atoms with van der Waals surface area (Å²) in [5, 5.41) is 8.49. The quantitative estimate of drug-likeness (QED) is 0.668. The Morgan fingerprint density at radius 2 is 1.75 bits per heavy atom. The van der Waals surface area contributed by atoms with Crippen molar-refractivity contribution in [3.63, 3.8) is 0 Å². The van der Waals surface area contributed by atoms with Crippen molar-refractivity contribution < 1.29 is 8.42 Å². The van der Waals surface area contributed by atoms with Crippen molar-refractivity contribution in [3.8, 4) is 0 Å². The smallest absolute Gasteiger partial charge is 0.199 e. The number of amidine groups is 1. The average molecular weight is 286 g/mol. The molecule has 5 heteroatoms. The van der Waals surface area contributed by atoms with E-state index in [0.29, 0.717) is 5.56 Å². The summed E-state index contributed by atoms with van der Waals surface area (Å²) in [7, 11) is -3.55. The minimum Gasteiger partial charge on any atom is -0.384 e. The van der Waals surface area contributed by atoms with Crippen LogP contribution in [0.2, 0.25) is 0 Å². The highest BCUT2D eigenvalue weighted by Crippen LogP contribution is 2.15. The van der Waals surface area contributed by atoms with Gasteiger partial charge in [0.25, 0.3) is 0 Å². The van der Waals surface area contributed by atoms with E-state index in [1.165, 1.54) is 18.2 Å². The molecular weight excluding hydrogens is 272 g/mol. The highest BCUT2D eigenvalue weighted by atomic mass is 32.2. The fraction of sp³-hybridized carbons (Fsp3) is 0. The highest BCUT2D eigenvalue weighted by molar-refractivity contribution is 7.94. The maximum atomic E-state index is 12.2. The van der Waals surface area contributed by atoms with Gasteiger partial charge in [-0.1, -0.05) is 42.5 Å². The lowest BCUT2D eigenvalue weighted by Crippen LogP contribution is -2.11. The molecule has 0 amide bonds. The van der Waals surface area contributed by atoms with Gasteiger partial charge >= 0.3 is 0 Å². The molecule has 0 saturated heterocycles. The predicted octanol–water partition coefficient (Wildman–Crippen LogP) is 2.42. The van der Waals surface area contributed by atoms with Crippen molar-refractivity contribution in [1.82, 2.24) is 0 Å². The van der Waals surface area contributed by atoms with Crippen LogP contribution in [0.3, 0.4) is 0 Å². The molecule has 0 unspecified atom stereocenters. The molecule has 2 aromatic carbocycles. The van der Waals surface area contributed by atoms with E-state index in [1.54, 1.807) is 12.1 Å². The first-order valence-electron chi connectivity index (χ1n) is 5.92. The van der Waals surface area contributed by atoms with Gasteiger partial charge in [0, 0.05) is 11.0 Å². The highest BCUT2D eigenvalue weighted by Gasteiger charge is 2.11. The third-order valence-electron chi connectivity index (χ3n) is 2.71. The van der Waals surface area contributed by atoms with E-state index in [0.717, 1.165) is 11.0 Å². The van der Waals surface area contributed by atoms with E-state index in [2.05, 4.69) is 0 Å². The van der Waals surface area contributed by atoms with Crippen LogP contribution in [0.25, 0.3) is 6.08 Å². The topological polar surface area (TPSA) is 84.0 Å². The van der Waals surface area contributed by atoms with Gasteiger partial charge in [-0.05, 0) is 23.8 Å². The number of sulfone groups is 1. The normalized spacial score (nSPS) is 11.6. The van der Waals surface area contributed by atoms with Crippen LogP contribution >= 0.6 is 0 Å². The van der Waals surface area contributed by atoms with Crippen LogP contribution in [0.15, 0.2) is 64.9 Å². The van der Waals surface area contributed by atoms with Gasteiger partial charge in [0.1, 0.15) is 5.84 Å². The maximum absolute atomic E-state index is 12.2. The minimum atomic E-state index is -3.55. The third kappa shape index (κ3) is 3.33.